The van der Waals surface area contributed by atoms with Crippen LogP contribution in [0.2, 0.25) is 0 Å². The minimum atomic E-state index is -3.01. The summed E-state index contributed by atoms with van der Waals surface area (Å²) in [5.41, 5.74) is -1.04. The Morgan fingerprint density at radius 2 is 2.20 bits per heavy atom. The van der Waals surface area contributed by atoms with Crippen LogP contribution < -0.4 is 0 Å². The first-order chi connectivity index (χ1) is 9.26. The minimum absolute atomic E-state index is 0.0335. The van der Waals surface area contributed by atoms with Crippen molar-refractivity contribution in [2.24, 2.45) is 0 Å². The number of ether oxygens (including phenoxy) is 1. The number of sulfone groups is 1. The Kier molecular flexibility index (Phi) is 3.86. The molecule has 1 fully saturated rings. The Hall–Kier alpha value is -1.44. The molecule has 7 nitrogen and oxygen atoms in total. The molecule has 1 aromatic rings. The summed E-state index contributed by atoms with van der Waals surface area (Å²) in [5.74, 6) is -0.0346. The average Bonchev–Trinajstić information content (AvgIpc) is 2.95. The van der Waals surface area contributed by atoms with E-state index in [-0.39, 0.29) is 29.9 Å². The molecule has 0 saturated carbocycles. The van der Waals surface area contributed by atoms with Crippen molar-refractivity contribution in [3.05, 3.63) is 11.7 Å². The SMILES string of the molecule is CCOC(=O)C(C)(C)c1nc(C2CCS(=O)(=O)C2)no1. The van der Waals surface area contributed by atoms with Crippen LogP contribution in [-0.2, 0) is 24.8 Å². The lowest BCUT2D eigenvalue weighted by molar-refractivity contribution is -0.149. The molecule has 1 aliphatic heterocycles. The van der Waals surface area contributed by atoms with Gasteiger partial charge in [-0.3, -0.25) is 4.79 Å². The Labute approximate surface area is 117 Å². The quantitative estimate of drug-likeness (QED) is 0.759. The lowest BCUT2D eigenvalue weighted by Gasteiger charge is -2.17. The van der Waals surface area contributed by atoms with Crippen LogP contribution in [0.15, 0.2) is 4.52 Å². The highest BCUT2D eigenvalue weighted by molar-refractivity contribution is 7.91. The summed E-state index contributed by atoms with van der Waals surface area (Å²) in [6.45, 7) is 5.25. The second-order valence-corrected chi connectivity index (χ2v) is 7.63. The zero-order valence-corrected chi connectivity index (χ0v) is 12.6. The molecular weight excluding hydrogens is 284 g/mol. The van der Waals surface area contributed by atoms with Gasteiger partial charge in [-0.1, -0.05) is 5.16 Å². The monoisotopic (exact) mass is 302 g/mol. The van der Waals surface area contributed by atoms with E-state index in [1.165, 1.54) is 0 Å². The lowest BCUT2D eigenvalue weighted by Crippen LogP contribution is -2.31. The molecule has 0 amide bonds. The van der Waals surface area contributed by atoms with Gasteiger partial charge in [-0.25, -0.2) is 8.42 Å². The first-order valence-corrected chi connectivity index (χ1v) is 8.30. The predicted molar refractivity (Wildman–Crippen MR) is 70.0 cm³/mol. The van der Waals surface area contributed by atoms with Gasteiger partial charge in [0.2, 0.25) is 5.89 Å². The first-order valence-electron chi connectivity index (χ1n) is 6.48. The third kappa shape index (κ3) is 2.84. The third-order valence-electron chi connectivity index (χ3n) is 3.36. The van der Waals surface area contributed by atoms with Crippen LogP contribution in [-0.4, -0.2) is 42.6 Å². The van der Waals surface area contributed by atoms with Crippen molar-refractivity contribution in [2.75, 3.05) is 18.1 Å². The van der Waals surface area contributed by atoms with Crippen LogP contribution in [0.1, 0.15) is 44.8 Å². The highest BCUT2D eigenvalue weighted by Gasteiger charge is 2.39. The molecule has 0 N–H and O–H groups in total. The highest BCUT2D eigenvalue weighted by Crippen LogP contribution is 2.29. The summed E-state index contributed by atoms with van der Waals surface area (Å²) in [7, 11) is -3.01. The first kappa shape index (κ1) is 15.0. The molecule has 0 spiro atoms. The fraction of sp³-hybridized carbons (Fsp3) is 0.750. The average molecular weight is 302 g/mol. The molecule has 1 atom stereocenters. The fourth-order valence-electron chi connectivity index (χ4n) is 2.05. The van der Waals surface area contributed by atoms with Crippen LogP contribution in [0, 0.1) is 0 Å². The smallest absolute Gasteiger partial charge is 0.321 e. The van der Waals surface area contributed by atoms with Crippen molar-refractivity contribution in [3.8, 4) is 0 Å². The molecule has 1 saturated heterocycles. The zero-order chi connectivity index (χ0) is 15.0. The second-order valence-electron chi connectivity index (χ2n) is 5.40. The van der Waals surface area contributed by atoms with Gasteiger partial charge in [-0.05, 0) is 27.2 Å². The van der Waals surface area contributed by atoms with Crippen molar-refractivity contribution in [3.63, 3.8) is 0 Å². The van der Waals surface area contributed by atoms with E-state index in [4.69, 9.17) is 9.26 Å². The van der Waals surface area contributed by atoms with Gasteiger partial charge in [0, 0.05) is 5.92 Å². The standard InChI is InChI=1S/C12H18N2O5S/c1-4-18-11(15)12(2,3)10-13-9(14-19-10)8-5-6-20(16,17)7-8/h8H,4-7H2,1-3H3. The maximum atomic E-state index is 11.9. The van der Waals surface area contributed by atoms with E-state index >= 15 is 0 Å². The Bertz CT molecular complexity index is 605. The largest absolute Gasteiger partial charge is 0.465 e. The molecule has 2 rings (SSSR count). The summed E-state index contributed by atoms with van der Waals surface area (Å²) in [4.78, 5) is 16.0. The fourth-order valence-corrected chi connectivity index (χ4v) is 3.79. The molecule has 0 aliphatic carbocycles. The topological polar surface area (TPSA) is 99.4 Å². The van der Waals surface area contributed by atoms with E-state index in [0.29, 0.717) is 12.2 Å². The Balaban J connectivity index is 2.19. The molecule has 0 radical (unpaired) electrons. The van der Waals surface area contributed by atoms with Crippen molar-refractivity contribution in [1.82, 2.24) is 10.1 Å². The van der Waals surface area contributed by atoms with Gasteiger partial charge in [0.1, 0.15) is 5.41 Å². The van der Waals surface area contributed by atoms with Crippen molar-refractivity contribution < 1.29 is 22.5 Å². The highest BCUT2D eigenvalue weighted by atomic mass is 32.2. The van der Waals surface area contributed by atoms with Gasteiger partial charge < -0.3 is 9.26 Å². The molecular formula is C12H18N2O5S. The van der Waals surface area contributed by atoms with E-state index in [1.54, 1.807) is 20.8 Å². The van der Waals surface area contributed by atoms with E-state index in [2.05, 4.69) is 10.1 Å². The van der Waals surface area contributed by atoms with Crippen molar-refractivity contribution >= 4 is 15.8 Å². The summed E-state index contributed by atoms with van der Waals surface area (Å²) in [5, 5.41) is 3.81. The van der Waals surface area contributed by atoms with Gasteiger partial charge in [-0.15, -0.1) is 0 Å². The third-order valence-corrected chi connectivity index (χ3v) is 5.13. The summed E-state index contributed by atoms with van der Waals surface area (Å²) in [6, 6.07) is 0. The van der Waals surface area contributed by atoms with Crippen molar-refractivity contribution in [2.45, 2.75) is 38.5 Å². The summed E-state index contributed by atoms with van der Waals surface area (Å²) in [6.07, 6.45) is 0.487. The Morgan fingerprint density at radius 1 is 1.50 bits per heavy atom. The maximum Gasteiger partial charge on any atom is 0.321 e. The van der Waals surface area contributed by atoms with E-state index < -0.39 is 21.2 Å². The molecule has 8 heteroatoms. The van der Waals surface area contributed by atoms with Crippen LogP contribution in [0.4, 0.5) is 0 Å². The van der Waals surface area contributed by atoms with E-state index in [9.17, 15) is 13.2 Å². The molecule has 1 unspecified atom stereocenters. The number of hydrogen-bond donors (Lipinski definition) is 0. The second kappa shape index (κ2) is 5.16. The number of aromatic nitrogens is 2. The summed E-state index contributed by atoms with van der Waals surface area (Å²) < 4.78 is 33.0. The van der Waals surface area contributed by atoms with Crippen LogP contribution in [0.3, 0.4) is 0 Å². The molecule has 2 heterocycles. The number of rotatable bonds is 4. The van der Waals surface area contributed by atoms with Gasteiger partial charge in [0.05, 0.1) is 18.1 Å². The maximum absolute atomic E-state index is 11.9. The number of nitrogens with zero attached hydrogens (tertiary/aromatic N) is 2. The van der Waals surface area contributed by atoms with Crippen LogP contribution in [0.25, 0.3) is 0 Å². The summed E-state index contributed by atoms with van der Waals surface area (Å²) >= 11 is 0. The lowest BCUT2D eigenvalue weighted by atomic mass is 9.93. The molecule has 0 bridgehead atoms. The van der Waals surface area contributed by atoms with Gasteiger partial charge in [0.15, 0.2) is 15.7 Å². The molecule has 1 aromatic heterocycles. The Morgan fingerprint density at radius 3 is 2.75 bits per heavy atom. The van der Waals surface area contributed by atoms with Crippen LogP contribution in [0.5, 0.6) is 0 Å². The number of carbonyl (C=O) groups is 1. The number of hydrogen-bond acceptors (Lipinski definition) is 7. The zero-order valence-electron chi connectivity index (χ0n) is 11.7. The molecule has 1 aliphatic rings. The minimum Gasteiger partial charge on any atom is -0.465 e. The normalized spacial score (nSPS) is 21.9. The van der Waals surface area contributed by atoms with Gasteiger partial charge >= 0.3 is 5.97 Å². The van der Waals surface area contributed by atoms with Gasteiger partial charge in [0.25, 0.3) is 0 Å². The number of esters is 1. The number of carbonyl (C=O) groups excluding carboxylic acids is 1. The van der Waals surface area contributed by atoms with Crippen LogP contribution >= 0.6 is 0 Å². The van der Waals surface area contributed by atoms with E-state index in [1.807, 2.05) is 0 Å². The molecule has 112 valence electrons. The molecule has 0 aromatic carbocycles. The van der Waals surface area contributed by atoms with E-state index in [0.717, 1.165) is 0 Å². The van der Waals surface area contributed by atoms with Crippen molar-refractivity contribution in [1.29, 1.82) is 0 Å². The predicted octanol–water partition coefficient (Wildman–Crippen LogP) is 0.812. The molecule has 20 heavy (non-hydrogen) atoms. The van der Waals surface area contributed by atoms with Gasteiger partial charge in [-0.2, -0.15) is 4.98 Å².